The first kappa shape index (κ1) is 16.0. The van der Waals surface area contributed by atoms with Gasteiger partial charge in [-0.25, -0.2) is 0 Å². The molecule has 0 aliphatic carbocycles. The van der Waals surface area contributed by atoms with Gasteiger partial charge in [0, 0.05) is 19.4 Å². The van der Waals surface area contributed by atoms with E-state index in [1.54, 1.807) is 11.8 Å². The third-order valence-corrected chi connectivity index (χ3v) is 3.52. The number of aliphatic hydroxyl groups is 1. The molecule has 1 unspecified atom stereocenters. The van der Waals surface area contributed by atoms with E-state index in [-0.39, 0.29) is 19.1 Å². The van der Waals surface area contributed by atoms with Gasteiger partial charge in [-0.15, -0.1) is 11.8 Å². The third kappa shape index (κ3) is 7.20. The first-order chi connectivity index (χ1) is 9.11. The molecule has 0 aliphatic heterocycles. The van der Waals surface area contributed by atoms with E-state index in [1.165, 1.54) is 18.2 Å². The van der Waals surface area contributed by atoms with E-state index < -0.39 is 6.10 Å². The molecule has 2 N–H and O–H groups in total. The van der Waals surface area contributed by atoms with Crippen molar-refractivity contribution in [2.75, 3.05) is 26.0 Å². The average Bonchev–Trinajstić information content (AvgIpc) is 2.39. The van der Waals surface area contributed by atoms with Gasteiger partial charge in [-0.3, -0.25) is 4.79 Å². The standard InChI is InChI=1S/C14H21NO3S/c1-11-3-5-12(6-4-11)9-19-10-14(17)15-7-13(16)8-18-2/h3-6,13,16H,7-10H2,1-2H3,(H,15,17). The summed E-state index contributed by atoms with van der Waals surface area (Å²) >= 11 is 1.56. The smallest absolute Gasteiger partial charge is 0.230 e. The van der Waals surface area contributed by atoms with Crippen LogP contribution in [0.1, 0.15) is 11.1 Å². The lowest BCUT2D eigenvalue weighted by atomic mass is 10.2. The number of amides is 1. The highest BCUT2D eigenvalue weighted by Gasteiger charge is 2.06. The molecular weight excluding hydrogens is 262 g/mol. The van der Waals surface area contributed by atoms with Gasteiger partial charge in [-0.05, 0) is 12.5 Å². The molecule has 0 radical (unpaired) electrons. The number of aryl methyl sites for hydroxylation is 1. The molecule has 0 bridgehead atoms. The van der Waals surface area contributed by atoms with Crippen molar-refractivity contribution in [3.05, 3.63) is 35.4 Å². The van der Waals surface area contributed by atoms with Crippen molar-refractivity contribution in [3.8, 4) is 0 Å². The molecule has 0 aliphatic rings. The summed E-state index contributed by atoms with van der Waals surface area (Å²) in [6.45, 7) is 2.52. The van der Waals surface area contributed by atoms with Crippen LogP contribution in [-0.4, -0.2) is 43.1 Å². The van der Waals surface area contributed by atoms with Crippen molar-refractivity contribution in [2.45, 2.75) is 18.8 Å². The molecule has 19 heavy (non-hydrogen) atoms. The minimum absolute atomic E-state index is 0.0627. The van der Waals surface area contributed by atoms with Crippen molar-refractivity contribution in [1.82, 2.24) is 5.32 Å². The molecule has 106 valence electrons. The van der Waals surface area contributed by atoms with Crippen molar-refractivity contribution in [3.63, 3.8) is 0 Å². The molecule has 1 aromatic rings. The van der Waals surface area contributed by atoms with E-state index in [0.717, 1.165) is 5.75 Å². The molecule has 1 atom stereocenters. The SMILES string of the molecule is COCC(O)CNC(=O)CSCc1ccc(C)cc1. The predicted octanol–water partition coefficient (Wildman–Crippen LogP) is 1.35. The maximum atomic E-state index is 11.5. The number of nitrogens with one attached hydrogen (secondary N) is 1. The van der Waals surface area contributed by atoms with Gasteiger partial charge < -0.3 is 15.2 Å². The van der Waals surface area contributed by atoms with E-state index in [9.17, 15) is 9.90 Å². The van der Waals surface area contributed by atoms with E-state index in [2.05, 4.69) is 36.5 Å². The number of carbonyl (C=O) groups excluding carboxylic acids is 1. The Labute approximate surface area is 118 Å². The minimum Gasteiger partial charge on any atom is -0.389 e. The largest absolute Gasteiger partial charge is 0.389 e. The van der Waals surface area contributed by atoms with Crippen LogP contribution in [0.2, 0.25) is 0 Å². The van der Waals surface area contributed by atoms with Gasteiger partial charge in [-0.1, -0.05) is 29.8 Å². The topological polar surface area (TPSA) is 58.6 Å². The Morgan fingerprint density at radius 3 is 2.74 bits per heavy atom. The summed E-state index contributed by atoms with van der Waals surface area (Å²) in [7, 11) is 1.52. The molecule has 0 aromatic heterocycles. The Kier molecular flexibility index (Phi) is 7.55. The molecule has 0 saturated carbocycles. The monoisotopic (exact) mass is 283 g/mol. The van der Waals surface area contributed by atoms with E-state index >= 15 is 0 Å². The van der Waals surface area contributed by atoms with Gasteiger partial charge in [0.2, 0.25) is 5.91 Å². The number of ether oxygens (including phenoxy) is 1. The molecule has 0 heterocycles. The van der Waals surface area contributed by atoms with Gasteiger partial charge in [-0.2, -0.15) is 0 Å². The van der Waals surface area contributed by atoms with Crippen LogP contribution < -0.4 is 5.32 Å². The number of hydrogen-bond acceptors (Lipinski definition) is 4. The molecule has 1 amide bonds. The Bertz CT molecular complexity index is 381. The molecular formula is C14H21NO3S. The van der Waals surface area contributed by atoms with Gasteiger partial charge in [0.25, 0.3) is 0 Å². The Hall–Kier alpha value is -1.04. The van der Waals surface area contributed by atoms with Crippen LogP contribution in [0.4, 0.5) is 0 Å². The number of rotatable bonds is 8. The van der Waals surface area contributed by atoms with Crippen LogP contribution in [0.15, 0.2) is 24.3 Å². The van der Waals surface area contributed by atoms with Crippen molar-refractivity contribution >= 4 is 17.7 Å². The minimum atomic E-state index is -0.643. The number of methoxy groups -OCH3 is 1. The maximum Gasteiger partial charge on any atom is 0.230 e. The fourth-order valence-corrected chi connectivity index (χ4v) is 2.30. The van der Waals surface area contributed by atoms with Crippen molar-refractivity contribution in [1.29, 1.82) is 0 Å². The number of hydrogen-bond donors (Lipinski definition) is 2. The van der Waals surface area contributed by atoms with Gasteiger partial charge in [0.15, 0.2) is 0 Å². The van der Waals surface area contributed by atoms with Gasteiger partial charge in [0.1, 0.15) is 0 Å². The Morgan fingerprint density at radius 1 is 1.42 bits per heavy atom. The third-order valence-electron chi connectivity index (χ3n) is 2.52. The lowest BCUT2D eigenvalue weighted by Crippen LogP contribution is -2.35. The molecule has 1 rings (SSSR count). The van der Waals surface area contributed by atoms with Gasteiger partial charge >= 0.3 is 0 Å². The van der Waals surface area contributed by atoms with E-state index in [0.29, 0.717) is 5.75 Å². The average molecular weight is 283 g/mol. The Balaban J connectivity index is 2.15. The first-order valence-corrected chi connectivity index (χ1v) is 7.34. The van der Waals surface area contributed by atoms with Crippen LogP contribution in [0.3, 0.4) is 0 Å². The fraction of sp³-hybridized carbons (Fsp3) is 0.500. The summed E-state index contributed by atoms with van der Waals surface area (Å²) in [6, 6.07) is 8.28. The van der Waals surface area contributed by atoms with Crippen LogP contribution in [0, 0.1) is 6.92 Å². The second-order valence-corrected chi connectivity index (χ2v) is 5.38. The van der Waals surface area contributed by atoms with Crippen LogP contribution in [-0.2, 0) is 15.3 Å². The normalized spacial score (nSPS) is 12.2. The molecule has 0 saturated heterocycles. The summed E-state index contributed by atoms with van der Waals surface area (Å²) in [6.07, 6.45) is -0.643. The lowest BCUT2D eigenvalue weighted by Gasteiger charge is -2.10. The van der Waals surface area contributed by atoms with Crippen LogP contribution in [0.5, 0.6) is 0 Å². The summed E-state index contributed by atoms with van der Waals surface area (Å²) in [4.78, 5) is 11.5. The molecule has 5 heteroatoms. The second kappa shape index (κ2) is 8.96. The highest BCUT2D eigenvalue weighted by Crippen LogP contribution is 2.12. The molecule has 0 fully saturated rings. The van der Waals surface area contributed by atoms with E-state index in [4.69, 9.17) is 4.74 Å². The summed E-state index contributed by atoms with van der Waals surface area (Å²) < 4.78 is 4.78. The molecule has 0 spiro atoms. The highest BCUT2D eigenvalue weighted by molar-refractivity contribution is 7.99. The number of benzene rings is 1. The summed E-state index contributed by atoms with van der Waals surface area (Å²) in [5.41, 5.74) is 2.45. The number of aliphatic hydroxyl groups excluding tert-OH is 1. The zero-order chi connectivity index (χ0) is 14.1. The van der Waals surface area contributed by atoms with Crippen LogP contribution in [0.25, 0.3) is 0 Å². The van der Waals surface area contributed by atoms with Crippen molar-refractivity contribution < 1.29 is 14.6 Å². The van der Waals surface area contributed by atoms with E-state index in [1.807, 2.05) is 0 Å². The van der Waals surface area contributed by atoms with Crippen molar-refractivity contribution in [2.24, 2.45) is 0 Å². The zero-order valence-corrected chi connectivity index (χ0v) is 12.2. The highest BCUT2D eigenvalue weighted by atomic mass is 32.2. The lowest BCUT2D eigenvalue weighted by molar-refractivity contribution is -0.119. The van der Waals surface area contributed by atoms with Crippen LogP contribution >= 0.6 is 11.8 Å². The maximum absolute atomic E-state index is 11.5. The number of carbonyl (C=O) groups is 1. The zero-order valence-electron chi connectivity index (χ0n) is 11.4. The second-order valence-electron chi connectivity index (χ2n) is 4.39. The van der Waals surface area contributed by atoms with Gasteiger partial charge in [0.05, 0.1) is 18.5 Å². The fourth-order valence-electron chi connectivity index (χ4n) is 1.48. The molecule has 4 nitrogen and oxygen atoms in total. The molecule has 1 aromatic carbocycles. The quantitative estimate of drug-likeness (QED) is 0.756. The summed E-state index contributed by atoms with van der Waals surface area (Å²) in [5, 5.41) is 12.1. The predicted molar refractivity (Wildman–Crippen MR) is 78.2 cm³/mol. The number of thioether (sulfide) groups is 1. The Morgan fingerprint density at radius 2 is 2.11 bits per heavy atom. The summed E-state index contributed by atoms with van der Waals surface area (Å²) in [5.74, 6) is 1.15. The first-order valence-electron chi connectivity index (χ1n) is 6.19.